The molecule has 1 aromatic heterocycles. The van der Waals surface area contributed by atoms with Crippen LogP contribution in [-0.2, 0) is 0 Å². The minimum Gasteiger partial charge on any atom is -0.383 e. The van der Waals surface area contributed by atoms with E-state index >= 15 is 0 Å². The molecule has 1 aromatic rings. The van der Waals surface area contributed by atoms with Gasteiger partial charge in [-0.05, 0) is 5.18 Å². The highest BCUT2D eigenvalue weighted by Gasteiger charge is 2.10. The summed E-state index contributed by atoms with van der Waals surface area (Å²) in [5.41, 5.74) is 2.65. The minimum atomic E-state index is -1.00. The molecule has 0 aliphatic carbocycles. The summed E-state index contributed by atoms with van der Waals surface area (Å²) in [7, 11) is 0. The number of rotatable bonds is 1. The Labute approximate surface area is 71.2 Å². The molecule has 0 amide bonds. The quantitative estimate of drug-likeness (QED) is 0.424. The molecule has 0 bridgehead atoms. The van der Waals surface area contributed by atoms with Gasteiger partial charge in [-0.15, -0.1) is 4.91 Å². The van der Waals surface area contributed by atoms with Crippen molar-refractivity contribution in [3.8, 4) is 12.5 Å². The summed E-state index contributed by atoms with van der Waals surface area (Å²) in [6.07, 6.45) is 4.83. The minimum absolute atomic E-state index is 0.368. The molecule has 3 N–H and O–H groups in total. The summed E-state index contributed by atoms with van der Waals surface area (Å²) in [5.74, 6) is -0.392. The topological polar surface area (TPSA) is 110 Å². The van der Waals surface area contributed by atoms with E-state index in [0.29, 0.717) is 4.57 Å². The van der Waals surface area contributed by atoms with Gasteiger partial charge in [0.1, 0.15) is 5.82 Å². The fourth-order valence-electron chi connectivity index (χ4n) is 0.749. The molecule has 0 aliphatic rings. The van der Waals surface area contributed by atoms with Gasteiger partial charge < -0.3 is 5.73 Å². The molecule has 7 nitrogen and oxygen atoms in total. The zero-order chi connectivity index (χ0) is 10.0. The number of nitroso groups, excluding NO2 is 1. The highest BCUT2D eigenvalue weighted by molar-refractivity contribution is 5.54. The van der Waals surface area contributed by atoms with Gasteiger partial charge in [0.25, 0.3) is 5.56 Å². The van der Waals surface area contributed by atoms with Gasteiger partial charge in [-0.25, -0.2) is 4.79 Å². The smallest absolute Gasteiger partial charge is 0.342 e. The van der Waals surface area contributed by atoms with E-state index in [0.717, 1.165) is 0 Å². The van der Waals surface area contributed by atoms with Crippen LogP contribution < -0.4 is 17.0 Å². The lowest BCUT2D eigenvalue weighted by atomic mass is 10.5. The Morgan fingerprint density at radius 3 is 2.62 bits per heavy atom. The Balaban J connectivity index is 3.82. The molecule has 66 valence electrons. The second-order valence-electron chi connectivity index (χ2n) is 2.05. The van der Waals surface area contributed by atoms with Gasteiger partial charge in [-0.2, -0.15) is 4.57 Å². The van der Waals surface area contributed by atoms with E-state index in [2.05, 4.69) is 5.18 Å². The summed E-state index contributed by atoms with van der Waals surface area (Å²) in [6, 6.07) is 1.77. The Bertz CT molecular complexity index is 504. The van der Waals surface area contributed by atoms with Crippen LogP contribution in [0, 0.1) is 17.4 Å². The molecule has 0 fully saturated rings. The molecule has 0 radical (unpaired) electrons. The van der Waals surface area contributed by atoms with E-state index in [4.69, 9.17) is 12.2 Å². The van der Waals surface area contributed by atoms with Crippen LogP contribution >= 0.6 is 0 Å². The lowest BCUT2D eigenvalue weighted by Gasteiger charge is -1.97. The van der Waals surface area contributed by atoms with Crippen molar-refractivity contribution in [2.45, 2.75) is 0 Å². The van der Waals surface area contributed by atoms with Crippen LogP contribution in [0.4, 0.5) is 11.5 Å². The van der Waals surface area contributed by atoms with Crippen molar-refractivity contribution in [1.82, 2.24) is 9.55 Å². The van der Waals surface area contributed by atoms with Crippen LogP contribution in [0.2, 0.25) is 0 Å². The maximum atomic E-state index is 11.1. The first kappa shape index (κ1) is 8.73. The fraction of sp³-hybridized carbons (Fsp3) is 0. The third-order valence-electron chi connectivity index (χ3n) is 1.33. The van der Waals surface area contributed by atoms with Crippen LogP contribution in [0.5, 0.6) is 0 Å². The number of hydrogen-bond donors (Lipinski definition) is 2. The number of terminal acetylenes is 1. The predicted molar refractivity (Wildman–Crippen MR) is 45.4 cm³/mol. The van der Waals surface area contributed by atoms with E-state index in [-0.39, 0.29) is 0 Å². The fourth-order valence-corrected chi connectivity index (χ4v) is 0.749. The molecule has 1 heterocycles. The number of aromatic nitrogens is 2. The normalized spacial score (nSPS) is 9.15. The third kappa shape index (κ3) is 1.20. The van der Waals surface area contributed by atoms with Crippen molar-refractivity contribution in [2.75, 3.05) is 5.73 Å². The molecule has 0 spiro atoms. The zero-order valence-corrected chi connectivity index (χ0v) is 6.27. The van der Waals surface area contributed by atoms with E-state index < -0.39 is 22.8 Å². The van der Waals surface area contributed by atoms with Crippen molar-refractivity contribution < 1.29 is 0 Å². The van der Waals surface area contributed by atoms with Crippen molar-refractivity contribution in [1.29, 1.82) is 0 Å². The van der Waals surface area contributed by atoms with Crippen LogP contribution in [0.3, 0.4) is 0 Å². The Hall–Kier alpha value is -2.36. The van der Waals surface area contributed by atoms with E-state index in [1.165, 1.54) is 0 Å². The molecule has 0 unspecified atom stereocenters. The zero-order valence-electron chi connectivity index (χ0n) is 6.27. The molecule has 13 heavy (non-hydrogen) atoms. The molecule has 7 heteroatoms. The summed E-state index contributed by atoms with van der Waals surface area (Å²) < 4.78 is 0.368. The number of hydrogen-bond acceptors (Lipinski definition) is 5. The van der Waals surface area contributed by atoms with Gasteiger partial charge in [-0.1, -0.05) is 6.42 Å². The predicted octanol–water partition coefficient (Wildman–Crippen LogP) is -1.04. The van der Waals surface area contributed by atoms with Crippen molar-refractivity contribution in [2.24, 2.45) is 5.18 Å². The summed E-state index contributed by atoms with van der Waals surface area (Å²) >= 11 is 0. The van der Waals surface area contributed by atoms with Gasteiger partial charge >= 0.3 is 5.69 Å². The Morgan fingerprint density at radius 1 is 1.54 bits per heavy atom. The number of H-pyrrole nitrogens is 1. The highest BCUT2D eigenvalue weighted by Crippen LogP contribution is 2.08. The van der Waals surface area contributed by atoms with Crippen LogP contribution in [0.25, 0.3) is 0 Å². The number of nitrogen functional groups attached to an aromatic ring is 1. The SMILES string of the molecule is C#Cn1c(=O)[nH]c(N)c(N=O)c1=O. The molecular formula is C6H4N4O3. The molecule has 0 aliphatic heterocycles. The maximum Gasteiger partial charge on any atom is 0.342 e. The Kier molecular flexibility index (Phi) is 1.98. The number of anilines is 1. The van der Waals surface area contributed by atoms with Crippen LogP contribution in [0.15, 0.2) is 14.8 Å². The lowest BCUT2D eigenvalue weighted by molar-refractivity contribution is 0.911. The maximum absolute atomic E-state index is 11.1. The molecule has 1 rings (SSSR count). The molecule has 0 saturated carbocycles. The summed E-state index contributed by atoms with van der Waals surface area (Å²) in [5, 5.41) is 2.35. The Morgan fingerprint density at radius 2 is 2.15 bits per heavy atom. The van der Waals surface area contributed by atoms with Gasteiger partial charge in [0.2, 0.25) is 5.69 Å². The molecule has 0 atom stereocenters. The van der Waals surface area contributed by atoms with Crippen molar-refractivity contribution in [3.05, 3.63) is 25.7 Å². The van der Waals surface area contributed by atoms with E-state index in [9.17, 15) is 14.5 Å². The van der Waals surface area contributed by atoms with Gasteiger partial charge in [0.15, 0.2) is 0 Å². The number of nitrogens with zero attached hydrogens (tertiary/aromatic N) is 2. The summed E-state index contributed by atoms with van der Waals surface area (Å²) in [6.45, 7) is 0. The van der Waals surface area contributed by atoms with Gasteiger partial charge in [0.05, 0.1) is 0 Å². The third-order valence-corrected chi connectivity index (χ3v) is 1.33. The molecular weight excluding hydrogens is 176 g/mol. The average Bonchev–Trinajstić information content (AvgIpc) is 2.04. The summed E-state index contributed by atoms with van der Waals surface area (Å²) in [4.78, 5) is 34.1. The van der Waals surface area contributed by atoms with Crippen molar-refractivity contribution >= 4 is 11.5 Å². The lowest BCUT2D eigenvalue weighted by Crippen LogP contribution is -2.32. The van der Waals surface area contributed by atoms with E-state index in [1.54, 1.807) is 6.04 Å². The average molecular weight is 180 g/mol. The van der Waals surface area contributed by atoms with E-state index in [1.807, 2.05) is 4.98 Å². The van der Waals surface area contributed by atoms with Gasteiger partial charge in [-0.3, -0.25) is 9.78 Å². The number of aromatic amines is 1. The molecule has 0 aromatic carbocycles. The first-order chi connectivity index (χ1) is 6.11. The number of nitrogens with one attached hydrogen (secondary N) is 1. The monoisotopic (exact) mass is 180 g/mol. The molecule has 0 saturated heterocycles. The standard InChI is InChI=1S/C6H4N4O3/c1-2-10-5(11)3(9-13)4(7)8-6(10)12/h1H,7H2,(H,8,12). The second-order valence-corrected chi connectivity index (χ2v) is 2.05. The van der Waals surface area contributed by atoms with Gasteiger partial charge in [0, 0.05) is 6.04 Å². The van der Waals surface area contributed by atoms with Crippen LogP contribution in [0.1, 0.15) is 0 Å². The second kappa shape index (κ2) is 2.94. The largest absolute Gasteiger partial charge is 0.383 e. The number of nitrogens with two attached hydrogens (primary N) is 1. The van der Waals surface area contributed by atoms with Crippen LogP contribution in [-0.4, -0.2) is 9.55 Å². The first-order valence-corrected chi connectivity index (χ1v) is 3.06. The highest BCUT2D eigenvalue weighted by atomic mass is 16.3. The first-order valence-electron chi connectivity index (χ1n) is 3.06. The van der Waals surface area contributed by atoms with Crippen molar-refractivity contribution in [3.63, 3.8) is 0 Å².